The number of β-amino-alcohol motifs (C(OH)–C–C–N with tert-alkyl or cyclic N) is 1. The Bertz CT molecular complexity index is 586. The maximum atomic E-state index is 12.0. The summed E-state index contributed by atoms with van der Waals surface area (Å²) in [6.07, 6.45) is 0.735. The highest BCUT2D eigenvalue weighted by Crippen LogP contribution is 2.31. The number of carbonyl (C=O) groups is 1. The lowest BCUT2D eigenvalue weighted by atomic mass is 9.89. The van der Waals surface area contributed by atoms with E-state index in [0.29, 0.717) is 18.0 Å². The fourth-order valence-corrected chi connectivity index (χ4v) is 3.07. The minimum absolute atomic E-state index is 0.245. The molecule has 1 aromatic rings. The molecule has 1 aromatic heterocycles. The molecule has 1 saturated heterocycles. The van der Waals surface area contributed by atoms with Crippen molar-refractivity contribution in [2.24, 2.45) is 0 Å². The fourth-order valence-electron chi connectivity index (χ4n) is 2.73. The fraction of sp³-hybridized carbons (Fsp3) is 0.750. The van der Waals surface area contributed by atoms with Crippen molar-refractivity contribution in [3.8, 4) is 0 Å². The first-order valence-corrected chi connectivity index (χ1v) is 8.40. The molecule has 1 aliphatic heterocycles. The van der Waals surface area contributed by atoms with Crippen molar-refractivity contribution in [1.29, 1.82) is 0 Å². The molecule has 0 saturated carbocycles. The maximum Gasteiger partial charge on any atom is 0.410 e. The summed E-state index contributed by atoms with van der Waals surface area (Å²) in [6, 6.07) is 0. The van der Waals surface area contributed by atoms with Gasteiger partial charge in [-0.3, -0.25) is 4.68 Å². The molecule has 130 valence electrons. The van der Waals surface area contributed by atoms with Gasteiger partial charge in [-0.2, -0.15) is 5.10 Å². The van der Waals surface area contributed by atoms with E-state index in [9.17, 15) is 9.90 Å². The van der Waals surface area contributed by atoms with Gasteiger partial charge in [0.15, 0.2) is 0 Å². The number of aryl methyl sites for hydroxylation is 2. The number of hydrogen-bond donors (Lipinski definition) is 1. The molecule has 6 nitrogen and oxygen atoms in total. The Morgan fingerprint density at radius 1 is 1.39 bits per heavy atom. The first-order valence-electron chi connectivity index (χ1n) is 8.03. The van der Waals surface area contributed by atoms with Gasteiger partial charge in [0.2, 0.25) is 0 Å². The molecule has 0 aliphatic carbocycles. The van der Waals surface area contributed by atoms with Crippen LogP contribution in [-0.4, -0.2) is 50.2 Å². The lowest BCUT2D eigenvalue weighted by molar-refractivity contribution is -0.0982. The van der Waals surface area contributed by atoms with Crippen molar-refractivity contribution in [2.75, 3.05) is 13.1 Å². The van der Waals surface area contributed by atoms with Crippen molar-refractivity contribution < 1.29 is 14.6 Å². The van der Waals surface area contributed by atoms with Crippen molar-refractivity contribution in [3.63, 3.8) is 0 Å². The SMILES string of the molecule is CCc1nn(CC)c(CC2(O)CN(C(=O)OC(C)(C)C)C2)c1Cl. The number of halogens is 1. The number of aliphatic hydroxyl groups is 1. The summed E-state index contributed by atoms with van der Waals surface area (Å²) in [6.45, 7) is 10.6. The largest absolute Gasteiger partial charge is 0.444 e. The number of likely N-dealkylation sites (tertiary alicyclic amines) is 1. The van der Waals surface area contributed by atoms with Crippen LogP contribution in [0.5, 0.6) is 0 Å². The van der Waals surface area contributed by atoms with E-state index in [4.69, 9.17) is 16.3 Å². The zero-order chi connectivity index (χ0) is 17.4. The monoisotopic (exact) mass is 343 g/mol. The van der Waals surface area contributed by atoms with Crippen molar-refractivity contribution in [3.05, 3.63) is 16.4 Å². The Hall–Kier alpha value is -1.27. The average Bonchev–Trinajstić information content (AvgIpc) is 2.70. The number of carbonyl (C=O) groups excluding carboxylic acids is 1. The minimum Gasteiger partial charge on any atom is -0.444 e. The van der Waals surface area contributed by atoms with Gasteiger partial charge in [-0.05, 0) is 34.1 Å². The second-order valence-corrected chi connectivity index (χ2v) is 7.49. The van der Waals surface area contributed by atoms with Crippen LogP contribution in [0.4, 0.5) is 4.79 Å². The number of ether oxygens (including phenoxy) is 1. The van der Waals surface area contributed by atoms with E-state index in [1.54, 1.807) is 0 Å². The number of amides is 1. The molecule has 1 N–H and O–H groups in total. The molecule has 2 heterocycles. The van der Waals surface area contributed by atoms with Gasteiger partial charge >= 0.3 is 6.09 Å². The highest BCUT2D eigenvalue weighted by atomic mass is 35.5. The van der Waals surface area contributed by atoms with Gasteiger partial charge in [-0.15, -0.1) is 0 Å². The molecule has 0 spiro atoms. The van der Waals surface area contributed by atoms with E-state index >= 15 is 0 Å². The lowest BCUT2D eigenvalue weighted by Crippen LogP contribution is -2.65. The molecule has 0 aromatic carbocycles. The van der Waals surface area contributed by atoms with Crippen LogP contribution in [-0.2, 0) is 24.1 Å². The van der Waals surface area contributed by atoms with Crippen LogP contribution < -0.4 is 0 Å². The summed E-state index contributed by atoms with van der Waals surface area (Å²) in [5.74, 6) is 0. The Morgan fingerprint density at radius 2 is 2.00 bits per heavy atom. The normalized spacial score (nSPS) is 17.1. The summed E-state index contributed by atoms with van der Waals surface area (Å²) >= 11 is 6.38. The number of nitrogens with zero attached hydrogens (tertiary/aromatic N) is 3. The van der Waals surface area contributed by atoms with E-state index in [-0.39, 0.29) is 13.1 Å². The Morgan fingerprint density at radius 3 is 2.48 bits per heavy atom. The van der Waals surface area contributed by atoms with Crippen molar-refractivity contribution in [2.45, 2.75) is 65.2 Å². The molecule has 0 atom stereocenters. The zero-order valence-electron chi connectivity index (χ0n) is 14.5. The summed E-state index contributed by atoms with van der Waals surface area (Å²) in [7, 11) is 0. The number of aromatic nitrogens is 2. The van der Waals surface area contributed by atoms with Crippen LogP contribution in [0.15, 0.2) is 0 Å². The predicted molar refractivity (Wildman–Crippen MR) is 88.7 cm³/mol. The topological polar surface area (TPSA) is 67.6 Å². The van der Waals surface area contributed by atoms with Crippen LogP contribution in [0.25, 0.3) is 0 Å². The predicted octanol–water partition coefficient (Wildman–Crippen LogP) is 2.64. The quantitative estimate of drug-likeness (QED) is 0.912. The summed E-state index contributed by atoms with van der Waals surface area (Å²) in [4.78, 5) is 13.5. The van der Waals surface area contributed by atoms with Gasteiger partial charge in [0.1, 0.15) is 11.2 Å². The Balaban J connectivity index is 2.03. The maximum absolute atomic E-state index is 12.0. The molecule has 7 heteroatoms. The highest BCUT2D eigenvalue weighted by molar-refractivity contribution is 6.31. The summed E-state index contributed by atoms with van der Waals surface area (Å²) in [5.41, 5.74) is 0.163. The molecule has 0 unspecified atom stereocenters. The van der Waals surface area contributed by atoms with Gasteiger partial charge in [0.25, 0.3) is 0 Å². The molecule has 1 aliphatic rings. The Labute approximate surface area is 142 Å². The van der Waals surface area contributed by atoms with Crippen LogP contribution in [0.3, 0.4) is 0 Å². The van der Waals surface area contributed by atoms with Crippen molar-refractivity contribution in [1.82, 2.24) is 14.7 Å². The van der Waals surface area contributed by atoms with Gasteiger partial charge in [-0.25, -0.2) is 4.79 Å². The lowest BCUT2D eigenvalue weighted by Gasteiger charge is -2.46. The van der Waals surface area contributed by atoms with Gasteiger partial charge in [0, 0.05) is 13.0 Å². The van der Waals surface area contributed by atoms with Gasteiger partial charge < -0.3 is 14.7 Å². The molecule has 1 fully saturated rings. The van der Waals surface area contributed by atoms with E-state index in [2.05, 4.69) is 5.10 Å². The summed E-state index contributed by atoms with van der Waals surface area (Å²) < 4.78 is 7.14. The minimum atomic E-state index is -0.974. The molecule has 0 bridgehead atoms. The third-order valence-electron chi connectivity index (χ3n) is 3.81. The van der Waals surface area contributed by atoms with Gasteiger partial charge in [-0.1, -0.05) is 18.5 Å². The van der Waals surface area contributed by atoms with E-state index in [1.165, 1.54) is 4.90 Å². The third kappa shape index (κ3) is 3.98. The van der Waals surface area contributed by atoms with E-state index < -0.39 is 17.3 Å². The smallest absolute Gasteiger partial charge is 0.410 e. The van der Waals surface area contributed by atoms with Crippen LogP contribution in [0.2, 0.25) is 5.02 Å². The van der Waals surface area contributed by atoms with E-state index in [1.807, 2.05) is 39.3 Å². The first kappa shape index (κ1) is 18.1. The summed E-state index contributed by atoms with van der Waals surface area (Å²) in [5, 5.41) is 15.7. The molecular weight excluding hydrogens is 318 g/mol. The average molecular weight is 344 g/mol. The van der Waals surface area contributed by atoms with Gasteiger partial charge in [0.05, 0.1) is 29.5 Å². The van der Waals surface area contributed by atoms with E-state index in [0.717, 1.165) is 17.8 Å². The molecular formula is C16H26ClN3O3. The molecule has 23 heavy (non-hydrogen) atoms. The van der Waals surface area contributed by atoms with Crippen LogP contribution in [0.1, 0.15) is 46.0 Å². The Kier molecular flexibility index (Phi) is 4.97. The number of hydrogen-bond acceptors (Lipinski definition) is 4. The second kappa shape index (κ2) is 6.32. The van der Waals surface area contributed by atoms with Crippen molar-refractivity contribution >= 4 is 17.7 Å². The van der Waals surface area contributed by atoms with Crippen LogP contribution in [0, 0.1) is 0 Å². The number of rotatable bonds is 4. The zero-order valence-corrected chi connectivity index (χ0v) is 15.3. The molecule has 2 rings (SSSR count). The highest BCUT2D eigenvalue weighted by Gasteiger charge is 2.46. The van der Waals surface area contributed by atoms with Crippen LogP contribution >= 0.6 is 11.6 Å². The first-order chi connectivity index (χ1) is 10.6. The molecule has 0 radical (unpaired) electrons. The third-order valence-corrected chi connectivity index (χ3v) is 4.25. The standard InChI is InChI=1S/C16H26ClN3O3/c1-6-11-13(17)12(20(7-2)18-11)8-16(22)9-19(10-16)14(21)23-15(3,4)5/h22H,6-10H2,1-5H3. The second-order valence-electron chi connectivity index (χ2n) is 7.11. The molecule has 1 amide bonds.